The molecule has 1 amide bonds. The summed E-state index contributed by atoms with van der Waals surface area (Å²) in [7, 11) is -2.47. The predicted molar refractivity (Wildman–Crippen MR) is 103 cm³/mol. The molecule has 5 nitrogen and oxygen atoms in total. The Morgan fingerprint density at radius 3 is 2.21 bits per heavy atom. The molecule has 1 saturated carbocycles. The summed E-state index contributed by atoms with van der Waals surface area (Å²) in [6, 6.07) is 4.47. The zero-order valence-electron chi connectivity index (χ0n) is 16.5. The molecule has 9 heteroatoms. The number of benzene rings is 1. The van der Waals surface area contributed by atoms with E-state index < -0.39 is 26.7 Å². The lowest BCUT2D eigenvalue weighted by Crippen LogP contribution is -2.46. The van der Waals surface area contributed by atoms with Crippen LogP contribution in [0.1, 0.15) is 50.5 Å². The van der Waals surface area contributed by atoms with E-state index in [4.69, 9.17) is 0 Å². The van der Waals surface area contributed by atoms with Gasteiger partial charge in [-0.15, -0.1) is 0 Å². The van der Waals surface area contributed by atoms with Gasteiger partial charge in [0.2, 0.25) is 15.9 Å². The number of halogens is 3. The molecule has 0 unspecified atom stereocenters. The first-order valence-corrected chi connectivity index (χ1v) is 11.5. The van der Waals surface area contributed by atoms with Crippen LogP contribution >= 0.6 is 0 Å². The Labute approximate surface area is 169 Å². The molecule has 0 bridgehead atoms. The number of amides is 1. The second kappa shape index (κ2) is 8.63. The number of rotatable bonds is 4. The van der Waals surface area contributed by atoms with E-state index in [0.29, 0.717) is 12.8 Å². The normalized spacial score (nSPS) is 20.6. The minimum atomic E-state index is -4.75. The highest BCUT2D eigenvalue weighted by atomic mass is 32.2. The number of carbonyl (C=O) groups excluding carboxylic acids is 1. The Balaban J connectivity index is 1.68. The van der Waals surface area contributed by atoms with Gasteiger partial charge in [0.05, 0.1) is 10.5 Å². The van der Waals surface area contributed by atoms with Crippen molar-refractivity contribution in [3.8, 4) is 0 Å². The Bertz CT molecular complexity index is 828. The molecule has 162 valence electrons. The highest BCUT2D eigenvalue weighted by Crippen LogP contribution is 2.36. The summed E-state index contributed by atoms with van der Waals surface area (Å²) >= 11 is 0. The van der Waals surface area contributed by atoms with Crippen molar-refractivity contribution in [2.45, 2.75) is 62.1 Å². The molecule has 0 aromatic heterocycles. The standard InChI is InChI=1S/C20H27F3N2O3S/c1-24(16-7-3-2-4-8-16)19(26)15-11-13-25(14-12-15)29(27,28)18-10-6-5-9-17(18)20(21,22)23/h5-6,9-10,15-16H,2-4,7-8,11-14H2,1H3. The molecule has 1 heterocycles. The molecule has 0 atom stereocenters. The average Bonchev–Trinajstić information content (AvgIpc) is 2.73. The van der Waals surface area contributed by atoms with Crippen molar-refractivity contribution in [1.29, 1.82) is 0 Å². The summed E-state index contributed by atoms with van der Waals surface area (Å²) in [4.78, 5) is 13.9. The fourth-order valence-corrected chi connectivity index (χ4v) is 6.03. The quantitative estimate of drug-likeness (QED) is 0.725. The van der Waals surface area contributed by atoms with Gasteiger partial charge in [-0.2, -0.15) is 17.5 Å². The summed E-state index contributed by atoms with van der Waals surface area (Å²) < 4.78 is 66.5. The average molecular weight is 433 g/mol. The molecule has 0 radical (unpaired) electrons. The van der Waals surface area contributed by atoms with Crippen LogP contribution in [0.4, 0.5) is 13.2 Å². The molecule has 0 N–H and O–H groups in total. The van der Waals surface area contributed by atoms with Gasteiger partial charge in [-0.25, -0.2) is 8.42 Å². The van der Waals surface area contributed by atoms with Gasteiger partial charge in [-0.05, 0) is 37.8 Å². The molecule has 29 heavy (non-hydrogen) atoms. The van der Waals surface area contributed by atoms with Crippen molar-refractivity contribution in [3.05, 3.63) is 29.8 Å². The Hall–Kier alpha value is -1.61. The maximum absolute atomic E-state index is 13.2. The first-order valence-electron chi connectivity index (χ1n) is 10.1. The van der Waals surface area contributed by atoms with Crippen LogP contribution < -0.4 is 0 Å². The SMILES string of the molecule is CN(C(=O)C1CCN(S(=O)(=O)c2ccccc2C(F)(F)F)CC1)C1CCCCC1. The lowest BCUT2D eigenvalue weighted by atomic mass is 9.91. The Morgan fingerprint density at radius 1 is 1.03 bits per heavy atom. The van der Waals surface area contributed by atoms with Crippen molar-refractivity contribution in [3.63, 3.8) is 0 Å². The minimum absolute atomic E-state index is 0.0182. The van der Waals surface area contributed by atoms with Crippen LogP contribution in [0.25, 0.3) is 0 Å². The highest BCUT2D eigenvalue weighted by molar-refractivity contribution is 7.89. The minimum Gasteiger partial charge on any atom is -0.343 e. The number of piperidine rings is 1. The second-order valence-corrected chi connectivity index (χ2v) is 9.82. The summed E-state index contributed by atoms with van der Waals surface area (Å²) in [5.74, 6) is -0.268. The number of carbonyl (C=O) groups is 1. The summed E-state index contributed by atoms with van der Waals surface area (Å²) in [5, 5.41) is 0. The van der Waals surface area contributed by atoms with Gasteiger partial charge < -0.3 is 4.90 Å². The maximum Gasteiger partial charge on any atom is 0.417 e. The molecule has 3 rings (SSSR count). The van der Waals surface area contributed by atoms with Crippen LogP contribution in [-0.2, 0) is 21.0 Å². The van der Waals surface area contributed by atoms with Gasteiger partial charge in [-0.3, -0.25) is 4.79 Å². The van der Waals surface area contributed by atoms with Crippen molar-refractivity contribution >= 4 is 15.9 Å². The van der Waals surface area contributed by atoms with Crippen molar-refractivity contribution in [1.82, 2.24) is 9.21 Å². The van der Waals surface area contributed by atoms with Crippen molar-refractivity contribution in [2.75, 3.05) is 20.1 Å². The first kappa shape index (κ1) is 22.1. The number of nitrogens with zero attached hydrogens (tertiary/aromatic N) is 2. The van der Waals surface area contributed by atoms with E-state index in [-0.39, 0.29) is 31.0 Å². The topological polar surface area (TPSA) is 57.7 Å². The van der Waals surface area contributed by atoms with Gasteiger partial charge in [-0.1, -0.05) is 31.4 Å². The van der Waals surface area contributed by atoms with Gasteiger partial charge in [0.1, 0.15) is 0 Å². The molecule has 2 fully saturated rings. The maximum atomic E-state index is 13.2. The van der Waals surface area contributed by atoms with Crippen LogP contribution in [0.3, 0.4) is 0 Å². The molecule has 1 aromatic rings. The molecule has 1 saturated heterocycles. The highest BCUT2D eigenvalue weighted by Gasteiger charge is 2.40. The van der Waals surface area contributed by atoms with Crippen LogP contribution in [0.5, 0.6) is 0 Å². The lowest BCUT2D eigenvalue weighted by Gasteiger charge is -2.36. The first-order chi connectivity index (χ1) is 13.6. The fraction of sp³-hybridized carbons (Fsp3) is 0.650. The second-order valence-electron chi connectivity index (χ2n) is 7.91. The number of alkyl halides is 3. The van der Waals surface area contributed by atoms with Crippen molar-refractivity contribution in [2.24, 2.45) is 5.92 Å². The fourth-order valence-electron chi connectivity index (χ4n) is 4.34. The third-order valence-corrected chi connectivity index (χ3v) is 8.04. The number of hydrogen-bond acceptors (Lipinski definition) is 3. The Kier molecular flexibility index (Phi) is 6.57. The summed E-state index contributed by atoms with van der Waals surface area (Å²) in [5.41, 5.74) is -1.16. The van der Waals surface area contributed by atoms with Crippen LogP contribution in [-0.4, -0.2) is 49.7 Å². The Morgan fingerprint density at radius 2 is 1.62 bits per heavy atom. The largest absolute Gasteiger partial charge is 0.417 e. The lowest BCUT2D eigenvalue weighted by molar-refractivity contribution is -0.140. The van der Waals surface area contributed by atoms with Crippen molar-refractivity contribution < 1.29 is 26.4 Å². The molecule has 1 aliphatic heterocycles. The number of hydrogen-bond donors (Lipinski definition) is 0. The van der Waals surface area contributed by atoms with E-state index in [1.165, 1.54) is 18.6 Å². The number of sulfonamides is 1. The molecule has 1 aliphatic carbocycles. The van der Waals surface area contributed by atoms with E-state index in [1.54, 1.807) is 11.9 Å². The molecular weight excluding hydrogens is 405 g/mol. The summed E-state index contributed by atoms with van der Waals surface area (Å²) in [6.07, 6.45) is 1.28. The third kappa shape index (κ3) is 4.77. The molecule has 0 spiro atoms. The van der Waals surface area contributed by atoms with E-state index in [0.717, 1.165) is 42.1 Å². The third-order valence-electron chi connectivity index (χ3n) is 6.08. The van der Waals surface area contributed by atoms with E-state index >= 15 is 0 Å². The molecule has 2 aliphatic rings. The van der Waals surface area contributed by atoms with Gasteiger partial charge in [0.15, 0.2) is 0 Å². The van der Waals surface area contributed by atoms with E-state index in [9.17, 15) is 26.4 Å². The summed E-state index contributed by atoms with van der Waals surface area (Å²) in [6.45, 7) is 0.0902. The smallest absolute Gasteiger partial charge is 0.343 e. The zero-order valence-corrected chi connectivity index (χ0v) is 17.3. The molecular formula is C20H27F3N2O3S. The van der Waals surface area contributed by atoms with Gasteiger partial charge in [0.25, 0.3) is 0 Å². The van der Waals surface area contributed by atoms with Crippen LogP contribution in [0.2, 0.25) is 0 Å². The molecule has 1 aromatic carbocycles. The van der Waals surface area contributed by atoms with Gasteiger partial charge in [0, 0.05) is 32.1 Å². The van der Waals surface area contributed by atoms with Crippen LogP contribution in [0, 0.1) is 5.92 Å². The van der Waals surface area contributed by atoms with Gasteiger partial charge >= 0.3 is 6.18 Å². The zero-order chi connectivity index (χ0) is 21.2. The van der Waals surface area contributed by atoms with E-state index in [1.807, 2.05) is 0 Å². The van der Waals surface area contributed by atoms with E-state index in [2.05, 4.69) is 0 Å². The monoisotopic (exact) mass is 432 g/mol. The van der Waals surface area contributed by atoms with Crippen LogP contribution in [0.15, 0.2) is 29.2 Å². The predicted octanol–water partition coefficient (Wildman–Crippen LogP) is 3.90.